The minimum Gasteiger partial charge on any atom is -0.454 e. The lowest BCUT2D eigenvalue weighted by molar-refractivity contribution is -0.114. The Hall–Kier alpha value is -2.93. The minimum absolute atomic E-state index is 0.268. The van der Waals surface area contributed by atoms with Crippen LogP contribution in [0.15, 0.2) is 24.3 Å². The molecular weight excluding hydrogens is 364 g/mol. The van der Waals surface area contributed by atoms with Gasteiger partial charge in [-0.25, -0.2) is 4.79 Å². The smallest absolute Gasteiger partial charge is 0.341 e. The van der Waals surface area contributed by atoms with Gasteiger partial charge in [0.05, 0.1) is 5.56 Å². The largest absolute Gasteiger partial charge is 0.454 e. The van der Waals surface area contributed by atoms with Crippen molar-refractivity contribution in [3.8, 4) is 0 Å². The van der Waals surface area contributed by atoms with Gasteiger partial charge in [-0.15, -0.1) is 11.3 Å². The number of para-hydroxylation sites is 1. The van der Waals surface area contributed by atoms with Crippen LogP contribution in [0.4, 0.5) is 5.00 Å². The molecule has 0 saturated carbocycles. The highest BCUT2D eigenvalue weighted by Gasteiger charge is 2.23. The molecular formula is C20H20N2O4S. The normalized spacial score (nSPS) is 10.8. The number of hydrogen-bond acceptors (Lipinski definition) is 5. The maximum absolute atomic E-state index is 12.7. The molecule has 1 aromatic carbocycles. The Balaban J connectivity index is 1.81. The van der Waals surface area contributed by atoms with Gasteiger partial charge in [-0.2, -0.15) is 0 Å². The van der Waals surface area contributed by atoms with E-state index in [0.717, 1.165) is 27.0 Å². The Labute approximate surface area is 160 Å². The summed E-state index contributed by atoms with van der Waals surface area (Å²) in [7, 11) is 0. The van der Waals surface area contributed by atoms with Crippen LogP contribution < -0.4 is 5.32 Å². The van der Waals surface area contributed by atoms with Crippen molar-refractivity contribution in [1.82, 2.24) is 4.98 Å². The molecule has 0 saturated heterocycles. The van der Waals surface area contributed by atoms with Gasteiger partial charge >= 0.3 is 5.97 Å². The number of ketones is 1. The first-order valence-electron chi connectivity index (χ1n) is 8.44. The fourth-order valence-electron chi connectivity index (χ4n) is 3.03. The van der Waals surface area contributed by atoms with Crippen LogP contribution in [-0.4, -0.2) is 29.3 Å². The fourth-order valence-corrected chi connectivity index (χ4v) is 4.13. The van der Waals surface area contributed by atoms with Crippen molar-refractivity contribution in [2.45, 2.75) is 27.7 Å². The Kier molecular flexibility index (Phi) is 5.14. The van der Waals surface area contributed by atoms with E-state index in [4.69, 9.17) is 4.74 Å². The van der Waals surface area contributed by atoms with E-state index in [2.05, 4.69) is 10.3 Å². The molecule has 0 aliphatic heterocycles. The average Bonchev–Trinajstić information content (AvgIpc) is 3.07. The molecule has 6 nitrogen and oxygen atoms in total. The number of Topliss-reactive ketones (excluding diaryl/α,β-unsaturated/α-hetero) is 1. The van der Waals surface area contributed by atoms with E-state index < -0.39 is 5.97 Å². The van der Waals surface area contributed by atoms with Crippen molar-refractivity contribution in [2.75, 3.05) is 11.9 Å². The molecule has 140 valence electrons. The molecule has 0 unspecified atom stereocenters. The molecule has 0 aliphatic carbocycles. The predicted octanol–water partition coefficient (Wildman–Crippen LogP) is 4.15. The first kappa shape index (κ1) is 18.8. The van der Waals surface area contributed by atoms with E-state index in [1.54, 1.807) is 6.92 Å². The van der Waals surface area contributed by atoms with E-state index >= 15 is 0 Å². The van der Waals surface area contributed by atoms with E-state index in [-0.39, 0.29) is 18.3 Å². The molecule has 0 aliphatic rings. The third-order valence-corrected chi connectivity index (χ3v) is 5.51. The number of hydrogen-bond donors (Lipinski definition) is 2. The van der Waals surface area contributed by atoms with Gasteiger partial charge in [-0.1, -0.05) is 18.2 Å². The summed E-state index contributed by atoms with van der Waals surface area (Å²) in [6, 6.07) is 7.49. The maximum Gasteiger partial charge on any atom is 0.341 e. The summed E-state index contributed by atoms with van der Waals surface area (Å²) in [6.45, 7) is 6.48. The van der Waals surface area contributed by atoms with E-state index in [1.165, 1.54) is 18.3 Å². The van der Waals surface area contributed by atoms with Gasteiger partial charge in [0.25, 0.3) is 0 Å². The number of ether oxygens (including phenoxy) is 1. The molecule has 0 atom stereocenters. The molecule has 0 bridgehead atoms. The summed E-state index contributed by atoms with van der Waals surface area (Å²) in [5.74, 6) is -1.16. The zero-order chi connectivity index (χ0) is 19.7. The molecule has 7 heteroatoms. The topological polar surface area (TPSA) is 88.3 Å². The molecule has 2 heterocycles. The number of aromatic nitrogens is 1. The van der Waals surface area contributed by atoms with E-state index in [1.807, 2.05) is 38.1 Å². The highest BCUT2D eigenvalue weighted by molar-refractivity contribution is 7.16. The lowest BCUT2D eigenvalue weighted by Crippen LogP contribution is -2.17. The Bertz CT molecular complexity index is 1060. The number of carbonyl (C=O) groups is 3. The van der Waals surface area contributed by atoms with Gasteiger partial charge in [0.1, 0.15) is 5.00 Å². The Morgan fingerprint density at radius 1 is 1.11 bits per heavy atom. The van der Waals surface area contributed by atoms with Gasteiger partial charge < -0.3 is 15.0 Å². The van der Waals surface area contributed by atoms with E-state index in [9.17, 15) is 14.4 Å². The summed E-state index contributed by atoms with van der Waals surface area (Å²) in [5, 5.41) is 3.90. The number of nitrogens with one attached hydrogen (secondary N) is 2. The van der Waals surface area contributed by atoms with Gasteiger partial charge in [0.15, 0.2) is 6.61 Å². The minimum atomic E-state index is -0.619. The fraction of sp³-hybridized carbons (Fsp3) is 0.250. The van der Waals surface area contributed by atoms with Crippen molar-refractivity contribution < 1.29 is 19.1 Å². The number of aryl methyl sites for hydroxylation is 2. The maximum atomic E-state index is 12.7. The van der Waals surface area contributed by atoms with Crippen molar-refractivity contribution in [3.05, 3.63) is 51.5 Å². The highest BCUT2D eigenvalue weighted by atomic mass is 32.1. The van der Waals surface area contributed by atoms with Crippen LogP contribution >= 0.6 is 11.3 Å². The predicted molar refractivity (Wildman–Crippen MR) is 106 cm³/mol. The van der Waals surface area contributed by atoms with Crippen LogP contribution in [0.25, 0.3) is 10.9 Å². The van der Waals surface area contributed by atoms with Gasteiger partial charge in [-0.05, 0) is 32.4 Å². The first-order valence-corrected chi connectivity index (χ1v) is 9.26. The van der Waals surface area contributed by atoms with Crippen LogP contribution in [0.2, 0.25) is 0 Å². The molecule has 2 aromatic heterocycles. The molecule has 1 amide bonds. The lowest BCUT2D eigenvalue weighted by Gasteiger charge is -2.07. The summed E-state index contributed by atoms with van der Waals surface area (Å²) >= 11 is 1.31. The standard InChI is InChI=1S/C20H20N2O4S/c1-10-12(3)27-19(22-13(4)23)17(10)20(25)26-9-16(24)18-11(2)21-15-8-6-5-7-14(15)18/h5-8,21H,9H2,1-4H3,(H,22,23). The molecule has 3 rings (SSSR count). The monoisotopic (exact) mass is 384 g/mol. The molecule has 3 aromatic rings. The molecule has 0 fully saturated rings. The number of esters is 1. The van der Waals surface area contributed by atoms with Crippen molar-refractivity contribution >= 4 is 44.9 Å². The zero-order valence-corrected chi connectivity index (χ0v) is 16.4. The van der Waals surface area contributed by atoms with Crippen LogP contribution in [0.3, 0.4) is 0 Å². The SMILES string of the molecule is CC(=O)Nc1sc(C)c(C)c1C(=O)OCC(=O)c1c(C)[nH]c2ccccc12. The molecule has 27 heavy (non-hydrogen) atoms. The second-order valence-electron chi connectivity index (χ2n) is 6.34. The third-order valence-electron chi connectivity index (χ3n) is 4.39. The number of H-pyrrole nitrogens is 1. The number of aromatic amines is 1. The van der Waals surface area contributed by atoms with Crippen LogP contribution in [0, 0.1) is 20.8 Å². The van der Waals surface area contributed by atoms with Crippen molar-refractivity contribution in [1.29, 1.82) is 0 Å². The third kappa shape index (κ3) is 3.64. The number of benzene rings is 1. The lowest BCUT2D eigenvalue weighted by atomic mass is 10.1. The molecule has 2 N–H and O–H groups in total. The van der Waals surface area contributed by atoms with Crippen LogP contribution in [0.1, 0.15) is 43.8 Å². The molecule has 0 radical (unpaired) electrons. The summed E-state index contributed by atoms with van der Waals surface area (Å²) in [4.78, 5) is 40.7. The molecule has 0 spiro atoms. The zero-order valence-electron chi connectivity index (χ0n) is 15.6. The summed E-state index contributed by atoms with van der Waals surface area (Å²) < 4.78 is 5.29. The number of anilines is 1. The number of fused-ring (bicyclic) bond motifs is 1. The summed E-state index contributed by atoms with van der Waals surface area (Å²) in [6.07, 6.45) is 0. The van der Waals surface area contributed by atoms with Crippen molar-refractivity contribution in [2.24, 2.45) is 0 Å². The quantitative estimate of drug-likeness (QED) is 0.511. The Morgan fingerprint density at radius 3 is 2.52 bits per heavy atom. The Morgan fingerprint density at radius 2 is 1.81 bits per heavy atom. The number of thiophene rings is 1. The average molecular weight is 384 g/mol. The number of amides is 1. The second kappa shape index (κ2) is 7.36. The van der Waals surface area contributed by atoms with Crippen LogP contribution in [0.5, 0.6) is 0 Å². The summed E-state index contributed by atoms with van der Waals surface area (Å²) in [5.41, 5.74) is 3.17. The van der Waals surface area contributed by atoms with E-state index in [0.29, 0.717) is 16.1 Å². The second-order valence-corrected chi connectivity index (χ2v) is 7.56. The van der Waals surface area contributed by atoms with Crippen LogP contribution in [-0.2, 0) is 9.53 Å². The first-order chi connectivity index (χ1) is 12.8. The van der Waals surface area contributed by atoms with Gasteiger partial charge in [-0.3, -0.25) is 9.59 Å². The highest BCUT2D eigenvalue weighted by Crippen LogP contribution is 2.33. The van der Waals surface area contributed by atoms with Crippen molar-refractivity contribution in [3.63, 3.8) is 0 Å². The van der Waals surface area contributed by atoms with Gasteiger partial charge in [0, 0.05) is 34.0 Å². The number of carbonyl (C=O) groups excluding carboxylic acids is 3. The number of rotatable bonds is 5. The van der Waals surface area contributed by atoms with Gasteiger partial charge in [0.2, 0.25) is 11.7 Å².